The van der Waals surface area contributed by atoms with E-state index in [9.17, 15) is 14.9 Å². The number of amides is 1. The fraction of sp³-hybridized carbons (Fsp3) is 0.316. The van der Waals surface area contributed by atoms with E-state index in [1.165, 1.54) is 23.8 Å². The van der Waals surface area contributed by atoms with Crippen molar-refractivity contribution >= 4 is 11.6 Å². The third kappa shape index (κ3) is 4.64. The lowest BCUT2D eigenvalue weighted by molar-refractivity contribution is -0.384. The molecule has 0 aliphatic rings. The largest absolute Gasteiger partial charge is 0.350 e. The lowest BCUT2D eigenvalue weighted by Crippen LogP contribution is -2.32. The fourth-order valence-corrected chi connectivity index (χ4v) is 2.56. The van der Waals surface area contributed by atoms with E-state index in [1.54, 1.807) is 6.92 Å². The van der Waals surface area contributed by atoms with E-state index in [0.29, 0.717) is 17.0 Å². The summed E-state index contributed by atoms with van der Waals surface area (Å²) in [6.07, 6.45) is 0. The number of carbonyl (C=O) groups excluding carboxylic acids is 1. The van der Waals surface area contributed by atoms with Crippen molar-refractivity contribution in [2.24, 2.45) is 5.73 Å². The molecule has 2 rings (SSSR count). The molecule has 2 aromatic carbocycles. The number of non-ortho nitro benzene ring substituents is 1. The highest BCUT2D eigenvalue weighted by molar-refractivity contribution is 5.95. The monoisotopic (exact) mass is 341 g/mol. The van der Waals surface area contributed by atoms with Gasteiger partial charge in [0.1, 0.15) is 0 Å². The molecule has 0 radical (unpaired) electrons. The second-order valence-electron chi connectivity index (χ2n) is 6.39. The van der Waals surface area contributed by atoms with Gasteiger partial charge >= 0.3 is 0 Å². The predicted octanol–water partition coefficient (Wildman–Crippen LogP) is 3.46. The van der Waals surface area contributed by atoms with Crippen LogP contribution in [0.2, 0.25) is 0 Å². The Kier molecular flexibility index (Phi) is 5.88. The van der Waals surface area contributed by atoms with Gasteiger partial charge in [-0.25, -0.2) is 0 Å². The van der Waals surface area contributed by atoms with Crippen LogP contribution in [0.1, 0.15) is 52.9 Å². The van der Waals surface area contributed by atoms with Crippen LogP contribution in [0.4, 0.5) is 5.69 Å². The van der Waals surface area contributed by atoms with Crippen LogP contribution in [0.25, 0.3) is 0 Å². The Labute approximate surface area is 147 Å². The molecule has 1 unspecified atom stereocenters. The molecule has 0 saturated carbocycles. The minimum atomic E-state index is -0.481. The van der Waals surface area contributed by atoms with Crippen LogP contribution in [-0.2, 0) is 0 Å². The van der Waals surface area contributed by atoms with Crippen LogP contribution in [-0.4, -0.2) is 17.4 Å². The molecule has 0 aliphatic carbocycles. The minimum Gasteiger partial charge on any atom is -0.350 e. The number of nitrogens with one attached hydrogen (secondary N) is 1. The van der Waals surface area contributed by atoms with Crippen LogP contribution in [0.5, 0.6) is 0 Å². The number of nitro groups is 1. The van der Waals surface area contributed by atoms with Gasteiger partial charge in [0.25, 0.3) is 11.6 Å². The molecule has 132 valence electrons. The Morgan fingerprint density at radius 1 is 1.16 bits per heavy atom. The zero-order chi connectivity index (χ0) is 18.6. The van der Waals surface area contributed by atoms with Gasteiger partial charge in [0.2, 0.25) is 0 Å². The average molecular weight is 341 g/mol. The SMILES string of the molecule is Cc1cc([N+](=O)[O-])ccc1C(=O)NCC(N)c1ccc(C(C)C)cc1. The molecular weight excluding hydrogens is 318 g/mol. The molecule has 6 heteroatoms. The van der Waals surface area contributed by atoms with E-state index < -0.39 is 4.92 Å². The minimum absolute atomic E-state index is 0.0315. The maximum atomic E-state index is 12.3. The molecule has 25 heavy (non-hydrogen) atoms. The van der Waals surface area contributed by atoms with E-state index in [1.807, 2.05) is 24.3 Å². The van der Waals surface area contributed by atoms with Crippen molar-refractivity contribution in [3.05, 3.63) is 74.8 Å². The van der Waals surface area contributed by atoms with E-state index in [4.69, 9.17) is 5.73 Å². The number of rotatable bonds is 6. The summed E-state index contributed by atoms with van der Waals surface area (Å²) in [6.45, 7) is 6.21. The number of hydrogen-bond donors (Lipinski definition) is 2. The maximum Gasteiger partial charge on any atom is 0.269 e. The van der Waals surface area contributed by atoms with Crippen molar-refractivity contribution in [1.82, 2.24) is 5.32 Å². The summed E-state index contributed by atoms with van der Waals surface area (Å²) >= 11 is 0. The van der Waals surface area contributed by atoms with Gasteiger partial charge in [-0.15, -0.1) is 0 Å². The van der Waals surface area contributed by atoms with Crippen molar-refractivity contribution in [3.63, 3.8) is 0 Å². The molecule has 0 heterocycles. The van der Waals surface area contributed by atoms with Crippen LogP contribution in [0.3, 0.4) is 0 Å². The Morgan fingerprint density at radius 2 is 1.76 bits per heavy atom. The number of nitrogens with two attached hydrogens (primary N) is 1. The molecular formula is C19H23N3O3. The maximum absolute atomic E-state index is 12.3. The van der Waals surface area contributed by atoms with Crippen molar-refractivity contribution in [1.29, 1.82) is 0 Å². The quantitative estimate of drug-likeness (QED) is 0.621. The summed E-state index contributed by atoms with van der Waals surface area (Å²) in [4.78, 5) is 22.6. The number of nitrogens with zero attached hydrogens (tertiary/aromatic N) is 1. The van der Waals surface area contributed by atoms with Gasteiger partial charge in [0, 0.05) is 30.3 Å². The number of aryl methyl sites for hydroxylation is 1. The molecule has 6 nitrogen and oxygen atoms in total. The van der Waals surface area contributed by atoms with Gasteiger partial charge in [-0.1, -0.05) is 38.1 Å². The van der Waals surface area contributed by atoms with Gasteiger partial charge in [-0.2, -0.15) is 0 Å². The Hall–Kier alpha value is -2.73. The van der Waals surface area contributed by atoms with Crippen molar-refractivity contribution in [2.75, 3.05) is 6.54 Å². The van der Waals surface area contributed by atoms with Crippen LogP contribution >= 0.6 is 0 Å². The topological polar surface area (TPSA) is 98.3 Å². The molecule has 0 aliphatic heterocycles. The average Bonchev–Trinajstić information content (AvgIpc) is 2.59. The summed E-state index contributed by atoms with van der Waals surface area (Å²) in [7, 11) is 0. The van der Waals surface area contributed by atoms with Gasteiger partial charge in [-0.05, 0) is 35.6 Å². The smallest absolute Gasteiger partial charge is 0.269 e. The van der Waals surface area contributed by atoms with Crippen LogP contribution < -0.4 is 11.1 Å². The lowest BCUT2D eigenvalue weighted by Gasteiger charge is -2.15. The first-order valence-corrected chi connectivity index (χ1v) is 8.18. The molecule has 1 atom stereocenters. The lowest BCUT2D eigenvalue weighted by atomic mass is 9.99. The van der Waals surface area contributed by atoms with Gasteiger partial charge in [-0.3, -0.25) is 14.9 Å². The molecule has 0 bridgehead atoms. The highest BCUT2D eigenvalue weighted by Gasteiger charge is 2.15. The fourth-order valence-electron chi connectivity index (χ4n) is 2.56. The number of nitro benzene ring substituents is 1. The first-order valence-electron chi connectivity index (χ1n) is 8.18. The molecule has 0 aromatic heterocycles. The van der Waals surface area contributed by atoms with Gasteiger partial charge < -0.3 is 11.1 Å². The van der Waals surface area contributed by atoms with Crippen LogP contribution in [0.15, 0.2) is 42.5 Å². The summed E-state index contributed by atoms with van der Waals surface area (Å²) in [6, 6.07) is 11.9. The third-order valence-corrected chi connectivity index (χ3v) is 4.18. The van der Waals surface area contributed by atoms with Crippen molar-refractivity contribution in [2.45, 2.75) is 32.7 Å². The summed E-state index contributed by atoms with van der Waals surface area (Å²) < 4.78 is 0. The van der Waals surface area contributed by atoms with E-state index in [-0.39, 0.29) is 24.2 Å². The Balaban J connectivity index is 2.00. The number of hydrogen-bond acceptors (Lipinski definition) is 4. The highest BCUT2D eigenvalue weighted by Crippen LogP contribution is 2.19. The van der Waals surface area contributed by atoms with Crippen molar-refractivity contribution < 1.29 is 9.72 Å². The molecule has 0 fully saturated rings. The number of benzene rings is 2. The van der Waals surface area contributed by atoms with E-state index in [2.05, 4.69) is 19.2 Å². The van der Waals surface area contributed by atoms with Gasteiger partial charge in [0.15, 0.2) is 0 Å². The Morgan fingerprint density at radius 3 is 2.28 bits per heavy atom. The second-order valence-corrected chi connectivity index (χ2v) is 6.39. The van der Waals surface area contributed by atoms with Crippen LogP contribution in [0, 0.1) is 17.0 Å². The van der Waals surface area contributed by atoms with Gasteiger partial charge in [0.05, 0.1) is 4.92 Å². The van der Waals surface area contributed by atoms with E-state index >= 15 is 0 Å². The third-order valence-electron chi connectivity index (χ3n) is 4.18. The summed E-state index contributed by atoms with van der Waals surface area (Å²) in [5, 5.41) is 13.6. The zero-order valence-electron chi connectivity index (χ0n) is 14.7. The highest BCUT2D eigenvalue weighted by atomic mass is 16.6. The molecule has 1 amide bonds. The molecule has 0 saturated heterocycles. The standard InChI is InChI=1S/C19H23N3O3/c1-12(2)14-4-6-15(7-5-14)18(20)11-21-19(23)17-9-8-16(22(24)25)10-13(17)3/h4-10,12,18H,11,20H2,1-3H3,(H,21,23). The number of carbonyl (C=O) groups is 1. The zero-order valence-corrected chi connectivity index (χ0v) is 14.7. The van der Waals surface area contributed by atoms with Crippen molar-refractivity contribution in [3.8, 4) is 0 Å². The molecule has 0 spiro atoms. The Bertz CT molecular complexity index is 770. The second kappa shape index (κ2) is 7.90. The molecule has 3 N–H and O–H groups in total. The predicted molar refractivity (Wildman–Crippen MR) is 97.6 cm³/mol. The van der Waals surface area contributed by atoms with E-state index in [0.717, 1.165) is 5.56 Å². The normalized spacial score (nSPS) is 12.0. The summed E-state index contributed by atoms with van der Waals surface area (Å²) in [5.74, 6) is 0.164. The first-order chi connectivity index (χ1) is 11.8. The molecule has 2 aromatic rings. The summed E-state index contributed by atoms with van der Waals surface area (Å²) in [5.41, 5.74) is 9.27. The first kappa shape index (κ1) is 18.6.